The quantitative estimate of drug-likeness (QED) is 0.761. The van der Waals surface area contributed by atoms with Gasteiger partial charge in [-0.25, -0.2) is 9.18 Å². The molecule has 1 heterocycles. The van der Waals surface area contributed by atoms with E-state index in [1.165, 1.54) is 24.3 Å². The summed E-state index contributed by atoms with van der Waals surface area (Å²) in [7, 11) is 0. The topological polar surface area (TPSA) is 84.5 Å². The molecule has 7 heteroatoms. The number of benzene rings is 2. The number of carbonyl (C=O) groups excluding carboxylic acids is 3. The van der Waals surface area contributed by atoms with Crippen molar-refractivity contribution in [2.24, 2.45) is 0 Å². The van der Waals surface area contributed by atoms with Gasteiger partial charge in [-0.3, -0.25) is 9.59 Å². The molecule has 3 rings (SSSR count). The molecule has 0 bridgehead atoms. The Bertz CT molecular complexity index is 955. The van der Waals surface area contributed by atoms with Crippen LogP contribution in [0.5, 0.6) is 0 Å². The molecule has 0 aromatic heterocycles. The second kappa shape index (κ2) is 8.68. The van der Waals surface area contributed by atoms with E-state index in [1.54, 1.807) is 44.2 Å². The van der Waals surface area contributed by atoms with Crippen LogP contribution in [0.4, 0.5) is 4.39 Å². The van der Waals surface area contributed by atoms with Crippen LogP contribution in [0.2, 0.25) is 0 Å². The number of rotatable bonds is 5. The van der Waals surface area contributed by atoms with E-state index < -0.39 is 35.6 Å². The molecule has 2 N–H and O–H groups in total. The Morgan fingerprint density at radius 3 is 2.38 bits per heavy atom. The lowest BCUT2D eigenvalue weighted by Gasteiger charge is -2.34. The maximum atomic E-state index is 13.5. The summed E-state index contributed by atoms with van der Waals surface area (Å²) in [4.78, 5) is 38.1. The Morgan fingerprint density at radius 1 is 1.10 bits per heavy atom. The standard InChI is InChI=1S/C22H21FN2O4/c1-3-29-22(28)17-13(2)24-21(27)19(18(17)14-9-11-16(23)12-10-14)25-20(26)15-7-5-4-6-8-15/h4-12,18-19H,3H2,1-2H3,(H,24,27)(H,25,26)/t18-,19-/m1/s1. The van der Waals surface area contributed by atoms with Gasteiger partial charge in [-0.05, 0) is 43.7 Å². The predicted molar refractivity (Wildman–Crippen MR) is 104 cm³/mol. The minimum absolute atomic E-state index is 0.154. The molecule has 2 atom stereocenters. The van der Waals surface area contributed by atoms with Crippen LogP contribution in [-0.4, -0.2) is 30.4 Å². The zero-order chi connectivity index (χ0) is 21.0. The van der Waals surface area contributed by atoms with Crippen LogP contribution in [0.1, 0.15) is 35.7 Å². The lowest BCUT2D eigenvalue weighted by atomic mass is 9.80. The molecule has 1 aliphatic rings. The third kappa shape index (κ3) is 4.34. The van der Waals surface area contributed by atoms with Gasteiger partial charge < -0.3 is 15.4 Å². The highest BCUT2D eigenvalue weighted by molar-refractivity contribution is 6.02. The van der Waals surface area contributed by atoms with Crippen molar-refractivity contribution in [2.45, 2.75) is 25.8 Å². The van der Waals surface area contributed by atoms with Crippen molar-refractivity contribution in [2.75, 3.05) is 6.61 Å². The van der Waals surface area contributed by atoms with Crippen molar-refractivity contribution < 1.29 is 23.5 Å². The van der Waals surface area contributed by atoms with Gasteiger partial charge in [0.1, 0.15) is 11.9 Å². The first-order valence-corrected chi connectivity index (χ1v) is 9.22. The Morgan fingerprint density at radius 2 is 1.76 bits per heavy atom. The molecule has 0 saturated heterocycles. The molecule has 6 nitrogen and oxygen atoms in total. The number of amides is 2. The molecule has 29 heavy (non-hydrogen) atoms. The first-order valence-electron chi connectivity index (χ1n) is 9.22. The average Bonchev–Trinajstić information content (AvgIpc) is 2.71. The van der Waals surface area contributed by atoms with Gasteiger partial charge in [0.25, 0.3) is 5.91 Å². The first kappa shape index (κ1) is 20.3. The van der Waals surface area contributed by atoms with Gasteiger partial charge in [0.05, 0.1) is 12.2 Å². The second-order valence-electron chi connectivity index (χ2n) is 6.59. The average molecular weight is 396 g/mol. The maximum absolute atomic E-state index is 13.5. The normalized spacial score (nSPS) is 18.8. The van der Waals surface area contributed by atoms with Gasteiger partial charge in [-0.2, -0.15) is 0 Å². The van der Waals surface area contributed by atoms with Crippen molar-refractivity contribution in [3.05, 3.63) is 82.8 Å². The lowest BCUT2D eigenvalue weighted by Crippen LogP contribution is -2.54. The van der Waals surface area contributed by atoms with Crippen LogP contribution in [0.15, 0.2) is 65.9 Å². The molecule has 2 aromatic carbocycles. The molecule has 0 saturated carbocycles. The van der Waals surface area contributed by atoms with Crippen molar-refractivity contribution in [1.29, 1.82) is 0 Å². The van der Waals surface area contributed by atoms with E-state index >= 15 is 0 Å². The number of ether oxygens (including phenoxy) is 1. The molecule has 0 radical (unpaired) electrons. The fourth-order valence-corrected chi connectivity index (χ4v) is 3.36. The fourth-order valence-electron chi connectivity index (χ4n) is 3.36. The van der Waals surface area contributed by atoms with E-state index in [0.717, 1.165) is 0 Å². The van der Waals surface area contributed by atoms with Crippen LogP contribution < -0.4 is 10.6 Å². The summed E-state index contributed by atoms with van der Waals surface area (Å²) in [6.07, 6.45) is 0. The van der Waals surface area contributed by atoms with E-state index in [-0.39, 0.29) is 12.2 Å². The number of carbonyl (C=O) groups is 3. The fraction of sp³-hybridized carbons (Fsp3) is 0.227. The molecular formula is C22H21FN2O4. The highest BCUT2D eigenvalue weighted by Crippen LogP contribution is 2.34. The third-order valence-electron chi connectivity index (χ3n) is 4.69. The Kier molecular flexibility index (Phi) is 6.07. The number of hydrogen-bond donors (Lipinski definition) is 2. The second-order valence-corrected chi connectivity index (χ2v) is 6.59. The number of esters is 1. The van der Waals surface area contributed by atoms with Gasteiger partial charge >= 0.3 is 5.97 Å². The summed E-state index contributed by atoms with van der Waals surface area (Å²) in [6, 6.07) is 12.8. The van der Waals surface area contributed by atoms with Gasteiger partial charge in [0, 0.05) is 17.2 Å². The molecule has 0 aliphatic carbocycles. The van der Waals surface area contributed by atoms with Crippen molar-refractivity contribution in [1.82, 2.24) is 10.6 Å². The van der Waals surface area contributed by atoms with Gasteiger partial charge in [-0.1, -0.05) is 30.3 Å². The molecule has 0 fully saturated rings. The predicted octanol–water partition coefficient (Wildman–Crippen LogP) is 2.67. The number of allylic oxidation sites excluding steroid dienone is 1. The first-order chi connectivity index (χ1) is 13.9. The van der Waals surface area contributed by atoms with E-state index in [1.807, 2.05) is 0 Å². The largest absolute Gasteiger partial charge is 0.463 e. The molecular weight excluding hydrogens is 375 g/mol. The van der Waals surface area contributed by atoms with Crippen molar-refractivity contribution >= 4 is 17.8 Å². The molecule has 0 spiro atoms. The van der Waals surface area contributed by atoms with Crippen LogP contribution in [-0.2, 0) is 14.3 Å². The number of hydrogen-bond acceptors (Lipinski definition) is 4. The summed E-state index contributed by atoms with van der Waals surface area (Å²) in [5, 5.41) is 5.35. The van der Waals surface area contributed by atoms with Crippen LogP contribution in [0.3, 0.4) is 0 Å². The number of halogens is 1. The minimum atomic E-state index is -1.07. The number of nitrogens with one attached hydrogen (secondary N) is 2. The molecule has 150 valence electrons. The SMILES string of the molecule is CCOC(=O)C1=C(C)NC(=O)[C@H](NC(=O)c2ccccc2)[C@@H]1c1ccc(F)cc1. The summed E-state index contributed by atoms with van der Waals surface area (Å²) >= 11 is 0. The van der Waals surface area contributed by atoms with Crippen molar-refractivity contribution in [3.8, 4) is 0 Å². The molecule has 2 aromatic rings. The summed E-state index contributed by atoms with van der Waals surface area (Å²) in [5.41, 5.74) is 1.45. The molecule has 0 unspecified atom stereocenters. The lowest BCUT2D eigenvalue weighted by molar-refractivity contribution is -0.139. The molecule has 2 amide bonds. The van der Waals surface area contributed by atoms with Crippen LogP contribution in [0.25, 0.3) is 0 Å². The monoisotopic (exact) mass is 396 g/mol. The van der Waals surface area contributed by atoms with Crippen LogP contribution in [0, 0.1) is 5.82 Å². The van der Waals surface area contributed by atoms with Gasteiger partial charge in [0.2, 0.25) is 5.91 Å². The smallest absolute Gasteiger partial charge is 0.336 e. The zero-order valence-corrected chi connectivity index (χ0v) is 16.1. The summed E-state index contributed by atoms with van der Waals surface area (Å²) < 4.78 is 18.6. The van der Waals surface area contributed by atoms with E-state index in [0.29, 0.717) is 16.8 Å². The summed E-state index contributed by atoms with van der Waals surface area (Å²) in [6.45, 7) is 3.42. The Balaban J connectivity index is 2.04. The van der Waals surface area contributed by atoms with E-state index in [4.69, 9.17) is 4.74 Å². The summed E-state index contributed by atoms with van der Waals surface area (Å²) in [5.74, 6) is -2.79. The Hall–Kier alpha value is -3.48. The Labute approximate surface area is 167 Å². The van der Waals surface area contributed by atoms with E-state index in [9.17, 15) is 18.8 Å². The third-order valence-corrected chi connectivity index (χ3v) is 4.69. The van der Waals surface area contributed by atoms with Gasteiger partial charge in [0.15, 0.2) is 0 Å². The molecule has 1 aliphatic heterocycles. The van der Waals surface area contributed by atoms with E-state index in [2.05, 4.69) is 10.6 Å². The zero-order valence-electron chi connectivity index (χ0n) is 16.1. The van der Waals surface area contributed by atoms with Crippen LogP contribution >= 0.6 is 0 Å². The highest BCUT2D eigenvalue weighted by atomic mass is 19.1. The van der Waals surface area contributed by atoms with Crippen molar-refractivity contribution in [3.63, 3.8) is 0 Å². The van der Waals surface area contributed by atoms with Gasteiger partial charge in [-0.15, -0.1) is 0 Å². The minimum Gasteiger partial charge on any atom is -0.463 e. The highest BCUT2D eigenvalue weighted by Gasteiger charge is 2.42. The maximum Gasteiger partial charge on any atom is 0.336 e.